The zero-order chi connectivity index (χ0) is 22.1. The number of carboxylic acid groups (broad SMARTS) is 1. The molecule has 1 aliphatic rings. The Labute approximate surface area is 184 Å². The number of rotatable bonds is 4. The third kappa shape index (κ3) is 3.71. The van der Waals surface area contributed by atoms with E-state index in [2.05, 4.69) is 9.97 Å². The number of nitrogens with two attached hydrogens (primary N) is 1. The number of ether oxygens (including phenoxy) is 1. The van der Waals surface area contributed by atoms with Gasteiger partial charge >= 0.3 is 6.09 Å². The topological polar surface area (TPSA) is 107 Å². The number of amides is 1. The molecule has 0 aliphatic carbocycles. The van der Waals surface area contributed by atoms with Crippen molar-refractivity contribution < 1.29 is 14.6 Å². The lowest BCUT2D eigenvalue weighted by atomic mass is 10.1. The number of hydrogen-bond acceptors (Lipinski definition) is 5. The molecule has 162 valence electrons. The van der Waals surface area contributed by atoms with Crippen molar-refractivity contribution in [3.63, 3.8) is 0 Å². The van der Waals surface area contributed by atoms with Crippen LogP contribution >= 0.6 is 0 Å². The van der Waals surface area contributed by atoms with Crippen molar-refractivity contribution in [3.05, 3.63) is 67.1 Å². The molecular formula is C24H23N5O3. The van der Waals surface area contributed by atoms with Crippen molar-refractivity contribution in [2.24, 2.45) is 0 Å². The number of nitrogens with zero attached hydrogens (tertiary/aromatic N) is 4. The van der Waals surface area contributed by atoms with Gasteiger partial charge in [0.05, 0.1) is 11.4 Å². The van der Waals surface area contributed by atoms with Crippen LogP contribution < -0.4 is 10.5 Å². The number of likely N-dealkylation sites (tertiary alicyclic amines) is 1. The SMILES string of the molecule is Nc1ncnc2c1c(-c1ccc(Oc3ccccc3)cc1)cn2C1CCCN(C(=O)O)C1. The number of aromatic nitrogens is 3. The summed E-state index contributed by atoms with van der Waals surface area (Å²) >= 11 is 0. The van der Waals surface area contributed by atoms with Crippen LogP contribution in [0.5, 0.6) is 11.5 Å². The average molecular weight is 429 g/mol. The average Bonchev–Trinajstić information content (AvgIpc) is 3.21. The molecule has 5 rings (SSSR count). The van der Waals surface area contributed by atoms with E-state index in [9.17, 15) is 9.90 Å². The van der Waals surface area contributed by atoms with Crippen molar-refractivity contribution in [3.8, 4) is 22.6 Å². The molecule has 0 radical (unpaired) electrons. The summed E-state index contributed by atoms with van der Waals surface area (Å²) in [5.74, 6) is 1.91. The monoisotopic (exact) mass is 429 g/mol. The number of piperidine rings is 1. The highest BCUT2D eigenvalue weighted by Gasteiger charge is 2.27. The minimum Gasteiger partial charge on any atom is -0.465 e. The van der Waals surface area contributed by atoms with Gasteiger partial charge in [0.2, 0.25) is 0 Å². The molecule has 2 aromatic heterocycles. The van der Waals surface area contributed by atoms with Crippen LogP contribution in [0.3, 0.4) is 0 Å². The predicted molar refractivity (Wildman–Crippen MR) is 122 cm³/mol. The Hall–Kier alpha value is -4.07. The van der Waals surface area contributed by atoms with E-state index in [0.29, 0.717) is 24.6 Å². The summed E-state index contributed by atoms with van der Waals surface area (Å²) < 4.78 is 7.95. The van der Waals surface area contributed by atoms with Gasteiger partial charge in [-0.1, -0.05) is 30.3 Å². The quantitative estimate of drug-likeness (QED) is 0.483. The van der Waals surface area contributed by atoms with Crippen molar-refractivity contribution in [2.45, 2.75) is 18.9 Å². The lowest BCUT2D eigenvalue weighted by Crippen LogP contribution is -2.39. The van der Waals surface area contributed by atoms with E-state index in [4.69, 9.17) is 10.5 Å². The second-order valence-electron chi connectivity index (χ2n) is 7.87. The van der Waals surface area contributed by atoms with Crippen LogP contribution in [-0.4, -0.2) is 43.7 Å². The maximum Gasteiger partial charge on any atom is 0.407 e. The minimum atomic E-state index is -0.894. The van der Waals surface area contributed by atoms with Crippen molar-refractivity contribution in [2.75, 3.05) is 18.8 Å². The highest BCUT2D eigenvalue weighted by molar-refractivity contribution is 6.00. The Morgan fingerprint density at radius 3 is 2.56 bits per heavy atom. The number of anilines is 1. The van der Waals surface area contributed by atoms with Crippen molar-refractivity contribution in [1.29, 1.82) is 0 Å². The summed E-state index contributed by atoms with van der Waals surface area (Å²) in [6.07, 6.45) is 4.25. The smallest absolute Gasteiger partial charge is 0.407 e. The number of carbonyl (C=O) groups is 1. The van der Waals surface area contributed by atoms with E-state index in [1.165, 1.54) is 11.2 Å². The fourth-order valence-electron chi connectivity index (χ4n) is 4.29. The highest BCUT2D eigenvalue weighted by atomic mass is 16.5. The van der Waals surface area contributed by atoms with E-state index in [0.717, 1.165) is 40.9 Å². The van der Waals surface area contributed by atoms with Crippen LogP contribution in [0, 0.1) is 0 Å². The van der Waals surface area contributed by atoms with Gasteiger partial charge in [-0.3, -0.25) is 0 Å². The van der Waals surface area contributed by atoms with Crippen molar-refractivity contribution in [1.82, 2.24) is 19.4 Å². The van der Waals surface area contributed by atoms with Gasteiger partial charge in [-0.05, 0) is 42.7 Å². The highest BCUT2D eigenvalue weighted by Crippen LogP contribution is 2.37. The largest absolute Gasteiger partial charge is 0.465 e. The maximum absolute atomic E-state index is 11.5. The van der Waals surface area contributed by atoms with E-state index >= 15 is 0 Å². The molecule has 3 heterocycles. The standard InChI is InChI=1S/C24H23N5O3/c25-22-21-20(16-8-10-19(11-9-16)32-18-6-2-1-3-7-18)14-29(23(21)27-15-26-22)17-5-4-12-28(13-17)24(30)31/h1-3,6-11,14-15,17H,4-5,12-13H2,(H,30,31)(H2,25,26,27). The zero-order valence-electron chi connectivity index (χ0n) is 17.4. The Morgan fingerprint density at radius 2 is 1.81 bits per heavy atom. The van der Waals surface area contributed by atoms with Gasteiger partial charge in [0.25, 0.3) is 0 Å². The molecule has 1 saturated heterocycles. The van der Waals surface area contributed by atoms with Gasteiger partial charge in [0.1, 0.15) is 29.3 Å². The lowest BCUT2D eigenvalue weighted by Gasteiger charge is -2.31. The van der Waals surface area contributed by atoms with Gasteiger partial charge in [0, 0.05) is 24.8 Å². The molecule has 0 spiro atoms. The molecule has 1 fully saturated rings. The molecule has 1 aliphatic heterocycles. The first kappa shape index (κ1) is 19.9. The van der Waals surface area contributed by atoms with Gasteiger partial charge in [-0.15, -0.1) is 0 Å². The summed E-state index contributed by atoms with van der Waals surface area (Å²) in [6, 6.07) is 17.4. The number of benzene rings is 2. The molecule has 3 N–H and O–H groups in total. The van der Waals surface area contributed by atoms with Crippen LogP contribution in [-0.2, 0) is 0 Å². The van der Waals surface area contributed by atoms with Crippen molar-refractivity contribution >= 4 is 22.9 Å². The molecular weight excluding hydrogens is 406 g/mol. The molecule has 0 bridgehead atoms. The van der Waals surface area contributed by atoms with Gasteiger partial charge in [-0.2, -0.15) is 0 Å². The summed E-state index contributed by atoms with van der Waals surface area (Å²) in [5, 5.41) is 10.2. The fraction of sp³-hybridized carbons (Fsp3) is 0.208. The third-order valence-corrected chi connectivity index (χ3v) is 5.84. The Morgan fingerprint density at radius 1 is 1.06 bits per heavy atom. The molecule has 32 heavy (non-hydrogen) atoms. The second kappa shape index (κ2) is 8.22. The maximum atomic E-state index is 11.5. The van der Waals surface area contributed by atoms with Gasteiger partial charge in [0.15, 0.2) is 0 Å². The Kier molecular flexibility index (Phi) is 5.10. The predicted octanol–water partition coefficient (Wildman–Crippen LogP) is 4.79. The Balaban J connectivity index is 1.51. The fourth-order valence-corrected chi connectivity index (χ4v) is 4.29. The van der Waals surface area contributed by atoms with Crippen LogP contribution in [0.4, 0.5) is 10.6 Å². The molecule has 1 unspecified atom stereocenters. The van der Waals surface area contributed by atoms with E-state index in [1.54, 1.807) is 0 Å². The van der Waals surface area contributed by atoms with Crippen LogP contribution in [0.15, 0.2) is 67.1 Å². The molecule has 8 heteroatoms. The first-order valence-electron chi connectivity index (χ1n) is 10.5. The summed E-state index contributed by atoms with van der Waals surface area (Å²) in [7, 11) is 0. The summed E-state index contributed by atoms with van der Waals surface area (Å²) in [4.78, 5) is 21.6. The first-order valence-corrected chi connectivity index (χ1v) is 10.5. The number of para-hydroxylation sites is 1. The molecule has 0 saturated carbocycles. The first-order chi connectivity index (χ1) is 15.6. The van der Waals surface area contributed by atoms with E-state index in [-0.39, 0.29) is 6.04 Å². The minimum absolute atomic E-state index is 0.00825. The van der Waals surface area contributed by atoms with Crippen LogP contribution in [0.1, 0.15) is 18.9 Å². The van der Waals surface area contributed by atoms with Gasteiger partial charge < -0.3 is 25.0 Å². The Bertz CT molecular complexity index is 1250. The number of hydrogen-bond donors (Lipinski definition) is 2. The molecule has 1 atom stereocenters. The van der Waals surface area contributed by atoms with Crippen LogP contribution in [0.25, 0.3) is 22.2 Å². The molecule has 2 aromatic carbocycles. The zero-order valence-corrected chi connectivity index (χ0v) is 17.4. The second-order valence-corrected chi connectivity index (χ2v) is 7.87. The normalized spacial score (nSPS) is 16.2. The summed E-state index contributed by atoms with van der Waals surface area (Å²) in [6.45, 7) is 0.976. The van der Waals surface area contributed by atoms with Gasteiger partial charge in [-0.25, -0.2) is 14.8 Å². The number of fused-ring (bicyclic) bond motifs is 1. The van der Waals surface area contributed by atoms with Crippen LogP contribution in [0.2, 0.25) is 0 Å². The molecule has 8 nitrogen and oxygen atoms in total. The number of nitrogen functional groups attached to an aromatic ring is 1. The molecule has 1 amide bonds. The third-order valence-electron chi connectivity index (χ3n) is 5.84. The van der Waals surface area contributed by atoms with E-state index in [1.807, 2.05) is 65.4 Å². The lowest BCUT2D eigenvalue weighted by molar-refractivity contribution is 0.122. The molecule has 4 aromatic rings. The van der Waals surface area contributed by atoms with E-state index < -0.39 is 6.09 Å². The summed E-state index contributed by atoms with van der Waals surface area (Å²) in [5.41, 5.74) is 8.84.